The molecule has 4 unspecified atom stereocenters. The normalized spacial score (nSPS) is 26.9. The number of hydrogen-bond acceptors (Lipinski definition) is 7. The molecule has 2 amide bonds. The summed E-state index contributed by atoms with van der Waals surface area (Å²) in [5.41, 5.74) is 5.30. The van der Waals surface area contributed by atoms with E-state index in [4.69, 9.17) is 9.47 Å². The van der Waals surface area contributed by atoms with Crippen LogP contribution in [0.25, 0.3) is 22.2 Å². The summed E-state index contributed by atoms with van der Waals surface area (Å²) in [6.45, 7) is 2.33. The van der Waals surface area contributed by atoms with E-state index >= 15 is 0 Å². The maximum absolute atomic E-state index is 14.8. The third kappa shape index (κ3) is 4.99. The van der Waals surface area contributed by atoms with Crippen molar-refractivity contribution in [3.63, 3.8) is 0 Å². The third-order valence-electron chi connectivity index (χ3n) is 11.6. The zero-order valence-electron chi connectivity index (χ0n) is 27.5. The van der Waals surface area contributed by atoms with Crippen molar-refractivity contribution in [1.29, 1.82) is 0 Å². The summed E-state index contributed by atoms with van der Waals surface area (Å²) in [4.78, 5) is 32.7. The van der Waals surface area contributed by atoms with Gasteiger partial charge in [-0.2, -0.15) is 0 Å². The molecule has 11 heteroatoms. The monoisotopic (exact) mass is 660 g/mol. The van der Waals surface area contributed by atoms with Crippen LogP contribution >= 0.6 is 0 Å². The molecule has 1 N–H and O–H groups in total. The fourth-order valence-corrected chi connectivity index (χ4v) is 10.2. The number of nitrogens with one attached hydrogen (secondary N) is 1. The number of piperazine rings is 1. The Labute approximate surface area is 276 Å². The van der Waals surface area contributed by atoms with Crippen LogP contribution in [0.4, 0.5) is 0 Å². The van der Waals surface area contributed by atoms with Crippen molar-refractivity contribution in [2.45, 2.75) is 75.4 Å². The van der Waals surface area contributed by atoms with Crippen molar-refractivity contribution < 1.29 is 27.5 Å². The highest BCUT2D eigenvalue weighted by atomic mass is 32.2. The van der Waals surface area contributed by atoms with Crippen molar-refractivity contribution in [1.82, 2.24) is 19.1 Å². The summed E-state index contributed by atoms with van der Waals surface area (Å²) in [6.07, 6.45) is 7.59. The van der Waals surface area contributed by atoms with Crippen LogP contribution in [-0.2, 0) is 26.1 Å². The van der Waals surface area contributed by atoms with Gasteiger partial charge in [0.05, 0.1) is 30.6 Å². The average molecular weight is 661 g/mol. The van der Waals surface area contributed by atoms with Gasteiger partial charge in [-0.05, 0) is 80.1 Å². The van der Waals surface area contributed by atoms with Gasteiger partial charge in [0, 0.05) is 66.8 Å². The van der Waals surface area contributed by atoms with Gasteiger partial charge >= 0.3 is 0 Å². The molecule has 250 valence electrons. The minimum Gasteiger partial charge on any atom is -0.497 e. The summed E-state index contributed by atoms with van der Waals surface area (Å²) >= 11 is 0. The maximum atomic E-state index is 14.8. The van der Waals surface area contributed by atoms with Crippen LogP contribution in [0.2, 0.25) is 0 Å². The molecule has 0 radical (unpaired) electrons. The molecule has 1 aromatic heterocycles. The predicted octanol–water partition coefficient (Wildman–Crippen LogP) is 4.47. The molecule has 2 aliphatic carbocycles. The first-order chi connectivity index (χ1) is 22.6. The molecular formula is C36H44N4O6S. The van der Waals surface area contributed by atoms with Crippen LogP contribution in [0.15, 0.2) is 36.4 Å². The molecule has 4 atom stereocenters. The Morgan fingerprint density at radius 1 is 1.02 bits per heavy atom. The lowest BCUT2D eigenvalue weighted by Gasteiger charge is -2.56. The van der Waals surface area contributed by atoms with Gasteiger partial charge in [0.1, 0.15) is 5.75 Å². The van der Waals surface area contributed by atoms with E-state index in [1.54, 1.807) is 13.2 Å². The lowest BCUT2D eigenvalue weighted by atomic mass is 9.81. The van der Waals surface area contributed by atoms with E-state index in [-0.39, 0.29) is 41.8 Å². The van der Waals surface area contributed by atoms with E-state index < -0.39 is 21.3 Å². The zero-order valence-corrected chi connectivity index (χ0v) is 28.3. The summed E-state index contributed by atoms with van der Waals surface area (Å²) in [5, 5.41) is 1.08. The lowest BCUT2D eigenvalue weighted by molar-refractivity contribution is -0.159. The molecule has 2 saturated heterocycles. The van der Waals surface area contributed by atoms with E-state index in [9.17, 15) is 18.0 Å². The van der Waals surface area contributed by atoms with Crippen LogP contribution in [0, 0.1) is 5.41 Å². The number of fused-ring (bicyclic) bond motifs is 9. The van der Waals surface area contributed by atoms with Gasteiger partial charge < -0.3 is 23.8 Å². The van der Waals surface area contributed by atoms with Crippen molar-refractivity contribution in [3.05, 3.63) is 53.1 Å². The first-order valence-corrected chi connectivity index (χ1v) is 18.7. The SMILES string of the molecule is COCCS(=O)(=O)NC(=O)c1ccc2c(C3CCCCC3)c3n(c2c1)CC1(C(=O)N2C4CC2CN(C)C4)CC1c1cc(OC)ccc1-3. The first-order valence-electron chi connectivity index (χ1n) is 17.0. The minimum absolute atomic E-state index is 0.00486. The molecule has 0 spiro atoms. The summed E-state index contributed by atoms with van der Waals surface area (Å²) in [6, 6.07) is 12.4. The molecule has 3 aromatic rings. The van der Waals surface area contributed by atoms with Crippen molar-refractivity contribution in [2.75, 3.05) is 46.7 Å². The van der Waals surface area contributed by atoms with Crippen LogP contribution in [0.1, 0.15) is 78.3 Å². The standard InChI is InChI=1S/C36H44N4O6S/c1-38-19-24-16-25(20-38)40(24)35(42)36-18-30(36)29-17-26(46-3)10-12-27(29)33-32(22-7-5-4-6-8-22)28-11-9-23(15-31(28)39(33)21-36)34(41)37-47(43,44)14-13-45-2/h9-12,15,17,22,24-25,30H,4-8,13-14,16,18-21H2,1-3H3,(H,37,41). The first kappa shape index (κ1) is 30.9. The molecule has 4 heterocycles. The largest absolute Gasteiger partial charge is 0.497 e. The quantitative estimate of drug-likeness (QED) is 0.380. The van der Waals surface area contributed by atoms with Gasteiger partial charge in [0.15, 0.2) is 0 Å². The number of rotatable bonds is 8. The number of benzene rings is 2. The Hall–Kier alpha value is -3.41. The number of sulfonamides is 1. The highest BCUT2D eigenvalue weighted by molar-refractivity contribution is 7.90. The van der Waals surface area contributed by atoms with Gasteiger partial charge in [-0.15, -0.1) is 0 Å². The molecule has 4 fully saturated rings. The molecular weight excluding hydrogens is 616 g/mol. The van der Waals surface area contributed by atoms with Gasteiger partial charge in [0.25, 0.3) is 5.91 Å². The van der Waals surface area contributed by atoms with E-state index in [2.05, 4.69) is 38.3 Å². The number of aromatic nitrogens is 1. The number of amides is 2. The zero-order chi connectivity index (χ0) is 32.7. The van der Waals surface area contributed by atoms with Gasteiger partial charge in [-0.3, -0.25) is 9.59 Å². The van der Waals surface area contributed by atoms with Crippen molar-refractivity contribution in [2.24, 2.45) is 5.41 Å². The number of ether oxygens (including phenoxy) is 2. The van der Waals surface area contributed by atoms with Gasteiger partial charge in [-0.1, -0.05) is 25.3 Å². The number of piperidine rings is 1. The number of hydrogen-bond donors (Lipinski definition) is 1. The molecule has 47 heavy (non-hydrogen) atoms. The summed E-state index contributed by atoms with van der Waals surface area (Å²) in [7, 11) is 1.39. The number of likely N-dealkylation sites (tertiary alicyclic amines) is 2. The second-order valence-electron chi connectivity index (χ2n) is 14.5. The average Bonchev–Trinajstić information content (AvgIpc) is 3.73. The maximum Gasteiger partial charge on any atom is 0.264 e. The molecule has 10 nitrogen and oxygen atoms in total. The predicted molar refractivity (Wildman–Crippen MR) is 179 cm³/mol. The fourth-order valence-electron chi connectivity index (χ4n) is 9.28. The van der Waals surface area contributed by atoms with Crippen LogP contribution in [0.5, 0.6) is 5.75 Å². The van der Waals surface area contributed by atoms with E-state index in [0.29, 0.717) is 12.5 Å². The van der Waals surface area contributed by atoms with Gasteiger partial charge in [0.2, 0.25) is 15.9 Å². The smallest absolute Gasteiger partial charge is 0.264 e. The van der Waals surface area contributed by atoms with Crippen molar-refractivity contribution in [3.8, 4) is 17.0 Å². The van der Waals surface area contributed by atoms with E-state index in [1.807, 2.05) is 18.2 Å². The molecule has 8 rings (SSSR count). The highest BCUT2D eigenvalue weighted by Gasteiger charge is 2.66. The number of methoxy groups -OCH3 is 2. The number of nitrogens with zero attached hydrogens (tertiary/aromatic N) is 3. The molecule has 2 saturated carbocycles. The second kappa shape index (κ2) is 11.3. The Kier molecular flexibility index (Phi) is 7.46. The Bertz CT molecular complexity index is 1870. The Morgan fingerprint density at radius 2 is 1.79 bits per heavy atom. The highest BCUT2D eigenvalue weighted by Crippen LogP contribution is 2.67. The Balaban J connectivity index is 1.29. The number of carbonyl (C=O) groups excluding carboxylic acids is 2. The molecule has 3 aliphatic heterocycles. The number of likely N-dealkylation sites (N-methyl/N-ethyl adjacent to an activating group) is 1. The molecule has 5 aliphatic rings. The molecule has 2 bridgehead atoms. The summed E-state index contributed by atoms with van der Waals surface area (Å²) in [5.74, 6) is 0.506. The molecule has 2 aromatic carbocycles. The Morgan fingerprint density at radius 3 is 2.51 bits per heavy atom. The minimum atomic E-state index is -3.86. The third-order valence-corrected chi connectivity index (χ3v) is 12.8. The van der Waals surface area contributed by atoms with Gasteiger partial charge in [-0.25, -0.2) is 13.1 Å². The van der Waals surface area contributed by atoms with E-state index in [1.165, 1.54) is 37.5 Å². The summed E-state index contributed by atoms with van der Waals surface area (Å²) < 4.78 is 40.4. The lowest BCUT2D eigenvalue weighted by Crippen LogP contribution is -2.70. The fraction of sp³-hybridized carbons (Fsp3) is 0.556. The van der Waals surface area contributed by atoms with Crippen LogP contribution in [-0.4, -0.2) is 93.4 Å². The van der Waals surface area contributed by atoms with Crippen molar-refractivity contribution >= 4 is 32.7 Å². The van der Waals surface area contributed by atoms with Crippen LogP contribution in [0.3, 0.4) is 0 Å². The number of carbonyl (C=O) groups is 2. The second-order valence-corrected chi connectivity index (χ2v) is 16.3. The van der Waals surface area contributed by atoms with E-state index in [0.717, 1.165) is 66.7 Å². The topological polar surface area (TPSA) is 110 Å². The van der Waals surface area contributed by atoms with Crippen LogP contribution < -0.4 is 9.46 Å².